The van der Waals surface area contributed by atoms with Gasteiger partial charge in [-0.1, -0.05) is 54.2 Å². The normalized spacial score (nSPS) is 14.2. The first-order valence-corrected chi connectivity index (χ1v) is 13.9. The first kappa shape index (κ1) is 24.4. The van der Waals surface area contributed by atoms with Gasteiger partial charge in [-0.25, -0.2) is 12.8 Å². The third-order valence-corrected chi connectivity index (χ3v) is 8.77. The quantitative estimate of drug-likeness (QED) is 0.243. The van der Waals surface area contributed by atoms with Crippen LogP contribution in [0, 0.1) is 5.82 Å². The number of aromatic nitrogens is 3. The Bertz CT molecular complexity index is 1500. The third-order valence-electron chi connectivity index (χ3n) is 5.95. The van der Waals surface area contributed by atoms with Crippen molar-refractivity contribution in [1.82, 2.24) is 19.1 Å². The molecular formula is C26H23FN4O3S2. The van der Waals surface area contributed by atoms with Crippen molar-refractivity contribution in [2.24, 2.45) is 0 Å². The van der Waals surface area contributed by atoms with Gasteiger partial charge in [-0.05, 0) is 49.2 Å². The number of halogens is 1. The van der Waals surface area contributed by atoms with Crippen LogP contribution in [0.15, 0.2) is 88.9 Å². The number of rotatable bonds is 8. The van der Waals surface area contributed by atoms with E-state index in [0.29, 0.717) is 29.6 Å². The fourth-order valence-electron chi connectivity index (χ4n) is 4.13. The molecule has 10 heteroatoms. The van der Waals surface area contributed by atoms with Gasteiger partial charge >= 0.3 is 0 Å². The fourth-order valence-corrected chi connectivity index (χ4v) is 6.53. The second-order valence-electron chi connectivity index (χ2n) is 8.31. The largest absolute Gasteiger partial charge is 0.293 e. The number of ketones is 1. The molecule has 184 valence electrons. The number of hydrogen-bond acceptors (Lipinski definition) is 6. The Morgan fingerprint density at radius 2 is 1.64 bits per heavy atom. The van der Waals surface area contributed by atoms with Crippen LogP contribution >= 0.6 is 11.8 Å². The standard InChI is InChI=1S/C26H23FN4O3S2/c27-23-14-5-4-13-22(23)24(32)18-35-26-29-28-25(31(26)20-10-2-1-3-11-20)19-9-8-12-21(17-19)36(33,34)30-15-6-7-16-30/h1-5,8-14,17H,6-7,15-16,18H2. The fraction of sp³-hybridized carbons (Fsp3) is 0.192. The molecule has 1 aliphatic heterocycles. The zero-order valence-corrected chi connectivity index (χ0v) is 20.9. The van der Waals surface area contributed by atoms with Crippen molar-refractivity contribution >= 4 is 27.6 Å². The molecule has 1 saturated heterocycles. The molecule has 7 nitrogen and oxygen atoms in total. The average molecular weight is 523 g/mol. The topological polar surface area (TPSA) is 85.2 Å². The molecule has 0 amide bonds. The summed E-state index contributed by atoms with van der Waals surface area (Å²) in [5, 5.41) is 9.08. The van der Waals surface area contributed by atoms with Gasteiger partial charge in [0.05, 0.1) is 16.2 Å². The molecule has 36 heavy (non-hydrogen) atoms. The number of sulfonamides is 1. The molecule has 0 spiro atoms. The molecule has 1 fully saturated rings. The van der Waals surface area contributed by atoms with E-state index in [1.807, 2.05) is 30.3 Å². The van der Waals surface area contributed by atoms with E-state index >= 15 is 0 Å². The zero-order chi connectivity index (χ0) is 25.1. The van der Waals surface area contributed by atoms with E-state index in [4.69, 9.17) is 0 Å². The molecule has 4 aromatic rings. The Labute approximate surface area is 213 Å². The molecule has 0 N–H and O–H groups in total. The molecule has 0 unspecified atom stereocenters. The van der Waals surface area contributed by atoms with Gasteiger partial charge in [0.2, 0.25) is 10.0 Å². The van der Waals surface area contributed by atoms with Crippen LogP contribution in [-0.4, -0.2) is 52.1 Å². The summed E-state index contributed by atoms with van der Waals surface area (Å²) in [6, 6.07) is 21.9. The lowest BCUT2D eigenvalue weighted by Crippen LogP contribution is -2.27. The van der Waals surface area contributed by atoms with Crippen molar-refractivity contribution in [1.29, 1.82) is 0 Å². The van der Waals surface area contributed by atoms with Crippen LogP contribution in [0.25, 0.3) is 17.1 Å². The highest BCUT2D eigenvalue weighted by atomic mass is 32.2. The minimum absolute atomic E-state index is 0.0239. The summed E-state index contributed by atoms with van der Waals surface area (Å²) in [4.78, 5) is 12.9. The number of para-hydroxylation sites is 1. The van der Waals surface area contributed by atoms with Crippen molar-refractivity contribution in [3.8, 4) is 17.1 Å². The van der Waals surface area contributed by atoms with Crippen LogP contribution in [0.3, 0.4) is 0 Å². The van der Waals surface area contributed by atoms with Crippen LogP contribution < -0.4 is 0 Å². The van der Waals surface area contributed by atoms with Crippen LogP contribution in [0.1, 0.15) is 23.2 Å². The summed E-state index contributed by atoms with van der Waals surface area (Å²) in [5.41, 5.74) is 1.36. The third kappa shape index (κ3) is 4.84. The Morgan fingerprint density at radius 3 is 2.39 bits per heavy atom. The van der Waals surface area contributed by atoms with Gasteiger partial charge in [-0.15, -0.1) is 10.2 Å². The number of benzene rings is 3. The van der Waals surface area contributed by atoms with Gasteiger partial charge in [0.25, 0.3) is 0 Å². The molecule has 0 aliphatic carbocycles. The lowest BCUT2D eigenvalue weighted by atomic mass is 10.1. The Hall–Kier alpha value is -3.34. The van der Waals surface area contributed by atoms with E-state index in [-0.39, 0.29) is 22.0 Å². The van der Waals surface area contributed by atoms with E-state index in [2.05, 4.69) is 10.2 Å². The van der Waals surface area contributed by atoms with Gasteiger partial charge in [0, 0.05) is 24.3 Å². The second-order valence-corrected chi connectivity index (χ2v) is 11.2. The molecule has 3 aromatic carbocycles. The SMILES string of the molecule is O=C(CSc1nnc(-c2cccc(S(=O)(=O)N3CCCC3)c2)n1-c1ccccc1)c1ccccc1F. The summed E-state index contributed by atoms with van der Waals surface area (Å²) in [6.45, 7) is 1.03. The smallest absolute Gasteiger partial charge is 0.243 e. The maximum Gasteiger partial charge on any atom is 0.243 e. The maximum absolute atomic E-state index is 14.1. The van der Waals surface area contributed by atoms with E-state index in [1.54, 1.807) is 34.9 Å². The van der Waals surface area contributed by atoms with Gasteiger partial charge in [-0.3, -0.25) is 9.36 Å². The highest BCUT2D eigenvalue weighted by molar-refractivity contribution is 7.99. The summed E-state index contributed by atoms with van der Waals surface area (Å²) in [5.74, 6) is -0.513. The molecular weight excluding hydrogens is 499 g/mol. The Kier molecular flexibility index (Phi) is 6.99. The van der Waals surface area contributed by atoms with Crippen molar-refractivity contribution in [2.45, 2.75) is 22.9 Å². The molecule has 0 bridgehead atoms. The number of thioether (sulfide) groups is 1. The number of Topliss-reactive ketones (excluding diaryl/α,β-unsaturated/α-hetero) is 1. The van der Waals surface area contributed by atoms with Gasteiger partial charge in [-0.2, -0.15) is 4.31 Å². The number of carbonyl (C=O) groups excluding carboxylic acids is 1. The lowest BCUT2D eigenvalue weighted by molar-refractivity contribution is 0.101. The summed E-state index contributed by atoms with van der Waals surface area (Å²) in [7, 11) is -3.61. The van der Waals surface area contributed by atoms with Crippen LogP contribution in [0.4, 0.5) is 4.39 Å². The van der Waals surface area contributed by atoms with Gasteiger partial charge < -0.3 is 0 Å². The molecule has 2 heterocycles. The van der Waals surface area contributed by atoms with E-state index < -0.39 is 15.8 Å². The summed E-state index contributed by atoms with van der Waals surface area (Å²) >= 11 is 1.15. The number of nitrogens with zero attached hydrogens (tertiary/aromatic N) is 4. The predicted octanol–water partition coefficient (Wildman–Crippen LogP) is 4.83. The number of carbonyl (C=O) groups is 1. The Balaban J connectivity index is 1.50. The van der Waals surface area contributed by atoms with E-state index in [0.717, 1.165) is 30.3 Å². The van der Waals surface area contributed by atoms with E-state index in [1.165, 1.54) is 22.5 Å². The Morgan fingerprint density at radius 1 is 0.917 bits per heavy atom. The van der Waals surface area contributed by atoms with Gasteiger partial charge in [0.15, 0.2) is 16.8 Å². The predicted molar refractivity (Wildman–Crippen MR) is 136 cm³/mol. The van der Waals surface area contributed by atoms with Crippen molar-refractivity contribution < 1.29 is 17.6 Å². The monoisotopic (exact) mass is 522 g/mol. The van der Waals surface area contributed by atoms with Crippen molar-refractivity contribution in [2.75, 3.05) is 18.8 Å². The summed E-state index contributed by atoms with van der Waals surface area (Å²) in [6.07, 6.45) is 1.71. The highest BCUT2D eigenvalue weighted by Crippen LogP contribution is 2.31. The maximum atomic E-state index is 14.1. The minimum Gasteiger partial charge on any atom is -0.293 e. The lowest BCUT2D eigenvalue weighted by Gasteiger charge is -2.16. The zero-order valence-electron chi connectivity index (χ0n) is 19.2. The van der Waals surface area contributed by atoms with Crippen LogP contribution in [0.5, 0.6) is 0 Å². The first-order valence-electron chi connectivity index (χ1n) is 11.5. The van der Waals surface area contributed by atoms with Gasteiger partial charge in [0.1, 0.15) is 5.82 Å². The minimum atomic E-state index is -3.61. The second kappa shape index (κ2) is 10.3. The molecule has 1 aromatic heterocycles. The molecule has 1 aliphatic rings. The number of hydrogen-bond donors (Lipinski definition) is 0. The van der Waals surface area contributed by atoms with Crippen LogP contribution in [-0.2, 0) is 10.0 Å². The summed E-state index contributed by atoms with van der Waals surface area (Å²) < 4.78 is 43.6. The average Bonchev–Trinajstić information content (AvgIpc) is 3.59. The first-order chi connectivity index (χ1) is 17.4. The molecule has 5 rings (SSSR count). The molecule has 0 atom stereocenters. The van der Waals surface area contributed by atoms with E-state index in [9.17, 15) is 17.6 Å². The molecule has 0 radical (unpaired) electrons. The molecule has 0 saturated carbocycles. The van der Waals surface area contributed by atoms with Crippen molar-refractivity contribution in [3.63, 3.8) is 0 Å². The van der Waals surface area contributed by atoms with Crippen molar-refractivity contribution in [3.05, 3.63) is 90.2 Å². The highest BCUT2D eigenvalue weighted by Gasteiger charge is 2.28. The van der Waals surface area contributed by atoms with Crippen LogP contribution in [0.2, 0.25) is 0 Å².